The fourth-order valence-corrected chi connectivity index (χ4v) is 2.24. The predicted octanol–water partition coefficient (Wildman–Crippen LogP) is 0.714. The summed E-state index contributed by atoms with van der Waals surface area (Å²) in [7, 11) is 1.60. The van der Waals surface area contributed by atoms with Crippen molar-refractivity contribution in [3.63, 3.8) is 0 Å². The topological polar surface area (TPSA) is 72.6 Å². The van der Waals surface area contributed by atoms with E-state index in [2.05, 4.69) is 0 Å². The van der Waals surface area contributed by atoms with Gasteiger partial charge >= 0.3 is 0 Å². The molecule has 102 valence electrons. The van der Waals surface area contributed by atoms with Gasteiger partial charge in [-0.15, -0.1) is 0 Å². The molecule has 0 aliphatic carbocycles. The molecule has 1 aromatic carbocycles. The number of hydrogen-bond donors (Lipinski definition) is 1. The Labute approximate surface area is 112 Å². The van der Waals surface area contributed by atoms with Gasteiger partial charge in [-0.2, -0.15) is 0 Å². The number of benzene rings is 1. The minimum Gasteiger partial charge on any atom is -0.496 e. The highest BCUT2D eigenvalue weighted by Gasteiger charge is 2.31. The van der Waals surface area contributed by atoms with E-state index in [0.29, 0.717) is 25.8 Å². The standard InChI is InChI=1S/C14H18N2O3/c1-19-12-5-3-2-4-10(12)8-9-16-13(17)7-6-11(15)14(16)18/h2-5,11H,6-9,15H2,1H3. The van der Waals surface area contributed by atoms with Crippen LogP contribution in [0.25, 0.3) is 0 Å². The van der Waals surface area contributed by atoms with Crippen molar-refractivity contribution in [2.45, 2.75) is 25.3 Å². The second kappa shape index (κ2) is 5.84. The molecular formula is C14H18N2O3. The summed E-state index contributed by atoms with van der Waals surface area (Å²) in [6.07, 6.45) is 1.37. The maximum atomic E-state index is 11.9. The molecule has 1 heterocycles. The number of imide groups is 1. The Bertz CT molecular complexity index is 487. The third-order valence-corrected chi connectivity index (χ3v) is 3.35. The number of carbonyl (C=O) groups excluding carboxylic acids is 2. The summed E-state index contributed by atoms with van der Waals surface area (Å²) in [5.74, 6) is 0.358. The van der Waals surface area contributed by atoms with E-state index in [9.17, 15) is 9.59 Å². The number of para-hydroxylation sites is 1. The third-order valence-electron chi connectivity index (χ3n) is 3.35. The smallest absolute Gasteiger partial charge is 0.246 e. The van der Waals surface area contributed by atoms with Crippen molar-refractivity contribution in [3.05, 3.63) is 29.8 Å². The first kappa shape index (κ1) is 13.5. The number of hydrogen-bond acceptors (Lipinski definition) is 4. The quantitative estimate of drug-likeness (QED) is 0.811. The summed E-state index contributed by atoms with van der Waals surface area (Å²) in [6.45, 7) is 0.353. The molecular weight excluding hydrogens is 244 g/mol. The molecule has 0 bridgehead atoms. The molecule has 0 spiro atoms. The highest BCUT2D eigenvalue weighted by molar-refractivity contribution is 6.00. The Kier molecular flexibility index (Phi) is 4.16. The van der Waals surface area contributed by atoms with Crippen molar-refractivity contribution < 1.29 is 14.3 Å². The van der Waals surface area contributed by atoms with Crippen LogP contribution in [0.1, 0.15) is 18.4 Å². The largest absolute Gasteiger partial charge is 0.496 e. The van der Waals surface area contributed by atoms with Gasteiger partial charge in [0.25, 0.3) is 0 Å². The lowest BCUT2D eigenvalue weighted by atomic mass is 10.0. The average Bonchev–Trinajstić information content (AvgIpc) is 2.43. The van der Waals surface area contributed by atoms with Gasteiger partial charge in [0.15, 0.2) is 0 Å². The molecule has 5 heteroatoms. The zero-order valence-corrected chi connectivity index (χ0v) is 11.0. The molecule has 2 N–H and O–H groups in total. The van der Waals surface area contributed by atoms with Crippen LogP contribution >= 0.6 is 0 Å². The van der Waals surface area contributed by atoms with Gasteiger partial charge in [-0.3, -0.25) is 14.5 Å². The molecule has 1 aromatic rings. The van der Waals surface area contributed by atoms with Gasteiger partial charge in [0, 0.05) is 13.0 Å². The van der Waals surface area contributed by atoms with Gasteiger partial charge in [-0.05, 0) is 24.5 Å². The summed E-state index contributed by atoms with van der Waals surface area (Å²) in [4.78, 5) is 24.9. The molecule has 0 radical (unpaired) electrons. The number of rotatable bonds is 4. The summed E-state index contributed by atoms with van der Waals surface area (Å²) in [5.41, 5.74) is 6.66. The van der Waals surface area contributed by atoms with Crippen LogP contribution in [0.5, 0.6) is 5.75 Å². The van der Waals surface area contributed by atoms with Crippen LogP contribution in [0.15, 0.2) is 24.3 Å². The van der Waals surface area contributed by atoms with Crippen molar-refractivity contribution in [2.24, 2.45) is 5.73 Å². The highest BCUT2D eigenvalue weighted by atomic mass is 16.5. The summed E-state index contributed by atoms with van der Waals surface area (Å²) in [6, 6.07) is 7.03. The number of nitrogens with two attached hydrogens (primary N) is 1. The van der Waals surface area contributed by atoms with Gasteiger partial charge in [0.2, 0.25) is 11.8 Å². The first-order valence-electron chi connectivity index (χ1n) is 6.35. The Balaban J connectivity index is 2.05. The number of nitrogens with zero attached hydrogens (tertiary/aromatic N) is 1. The Morgan fingerprint density at radius 2 is 2.11 bits per heavy atom. The van der Waals surface area contributed by atoms with Gasteiger partial charge in [0.1, 0.15) is 5.75 Å². The average molecular weight is 262 g/mol. The summed E-state index contributed by atoms with van der Waals surface area (Å²) in [5, 5.41) is 0. The number of methoxy groups -OCH3 is 1. The second-order valence-electron chi connectivity index (χ2n) is 4.59. The molecule has 1 aliphatic rings. The van der Waals surface area contributed by atoms with E-state index >= 15 is 0 Å². The maximum absolute atomic E-state index is 11.9. The van der Waals surface area contributed by atoms with Crippen LogP contribution in [0.4, 0.5) is 0 Å². The molecule has 2 amide bonds. The normalized spacial score (nSPS) is 19.7. The number of likely N-dealkylation sites (tertiary alicyclic amines) is 1. The van der Waals surface area contributed by atoms with E-state index in [0.717, 1.165) is 11.3 Å². The first-order valence-corrected chi connectivity index (χ1v) is 6.35. The highest BCUT2D eigenvalue weighted by Crippen LogP contribution is 2.19. The molecule has 0 aromatic heterocycles. The molecule has 1 unspecified atom stereocenters. The van der Waals surface area contributed by atoms with Gasteiger partial charge in [-0.1, -0.05) is 18.2 Å². The lowest BCUT2D eigenvalue weighted by molar-refractivity contribution is -0.149. The van der Waals surface area contributed by atoms with E-state index in [4.69, 9.17) is 10.5 Å². The van der Waals surface area contributed by atoms with Gasteiger partial charge < -0.3 is 10.5 Å². The molecule has 5 nitrogen and oxygen atoms in total. The lowest BCUT2D eigenvalue weighted by Gasteiger charge is -2.28. The molecule has 19 heavy (non-hydrogen) atoms. The fourth-order valence-electron chi connectivity index (χ4n) is 2.24. The zero-order valence-electron chi connectivity index (χ0n) is 11.0. The van der Waals surface area contributed by atoms with Crippen molar-refractivity contribution in [1.29, 1.82) is 0 Å². The number of ether oxygens (including phenoxy) is 1. The van der Waals surface area contributed by atoms with Crippen LogP contribution in [0, 0.1) is 0 Å². The van der Waals surface area contributed by atoms with Gasteiger partial charge in [0.05, 0.1) is 13.2 Å². The van der Waals surface area contributed by atoms with E-state index in [1.54, 1.807) is 7.11 Å². The van der Waals surface area contributed by atoms with Crippen LogP contribution in [0.3, 0.4) is 0 Å². The first-order chi connectivity index (χ1) is 9.13. The molecule has 1 fully saturated rings. The number of carbonyl (C=O) groups is 2. The SMILES string of the molecule is COc1ccccc1CCN1C(=O)CCC(N)C1=O. The molecule has 1 atom stereocenters. The molecule has 0 saturated carbocycles. The Morgan fingerprint density at radius 1 is 1.37 bits per heavy atom. The molecule has 1 saturated heterocycles. The van der Waals surface area contributed by atoms with Crippen molar-refractivity contribution >= 4 is 11.8 Å². The Morgan fingerprint density at radius 3 is 2.84 bits per heavy atom. The molecule has 1 aliphatic heterocycles. The number of amides is 2. The monoisotopic (exact) mass is 262 g/mol. The van der Waals surface area contributed by atoms with Crippen LogP contribution < -0.4 is 10.5 Å². The fraction of sp³-hybridized carbons (Fsp3) is 0.429. The summed E-state index contributed by atoms with van der Waals surface area (Å²) < 4.78 is 5.25. The number of piperidine rings is 1. The van der Waals surface area contributed by atoms with Crippen molar-refractivity contribution in [3.8, 4) is 5.75 Å². The maximum Gasteiger partial charge on any atom is 0.246 e. The predicted molar refractivity (Wildman–Crippen MR) is 70.6 cm³/mol. The minimum atomic E-state index is -0.546. The van der Waals surface area contributed by atoms with E-state index in [-0.39, 0.29) is 11.8 Å². The van der Waals surface area contributed by atoms with E-state index in [1.165, 1.54) is 4.90 Å². The van der Waals surface area contributed by atoms with Crippen LogP contribution in [-0.2, 0) is 16.0 Å². The van der Waals surface area contributed by atoms with Crippen LogP contribution in [0.2, 0.25) is 0 Å². The third kappa shape index (κ3) is 2.93. The van der Waals surface area contributed by atoms with E-state index < -0.39 is 6.04 Å². The zero-order chi connectivity index (χ0) is 13.8. The minimum absolute atomic E-state index is 0.137. The van der Waals surface area contributed by atoms with Gasteiger partial charge in [-0.25, -0.2) is 0 Å². The van der Waals surface area contributed by atoms with Crippen molar-refractivity contribution in [2.75, 3.05) is 13.7 Å². The second-order valence-corrected chi connectivity index (χ2v) is 4.59. The Hall–Kier alpha value is -1.88. The lowest BCUT2D eigenvalue weighted by Crippen LogP contribution is -2.51. The van der Waals surface area contributed by atoms with Crippen molar-refractivity contribution in [1.82, 2.24) is 4.90 Å². The van der Waals surface area contributed by atoms with Crippen LogP contribution in [-0.4, -0.2) is 36.4 Å². The van der Waals surface area contributed by atoms with E-state index in [1.807, 2.05) is 24.3 Å². The molecule has 2 rings (SSSR count). The summed E-state index contributed by atoms with van der Waals surface area (Å²) >= 11 is 0.